The zero-order valence-corrected chi connectivity index (χ0v) is 17.2. The maximum atomic E-state index is 5.92. The predicted octanol–water partition coefficient (Wildman–Crippen LogP) is 2.85. The zero-order chi connectivity index (χ0) is 15.0. The fourth-order valence-electron chi connectivity index (χ4n) is 6.51. The molecule has 4 aliphatic heterocycles. The van der Waals surface area contributed by atoms with E-state index in [1.165, 1.54) is 25.7 Å². The third-order valence-corrected chi connectivity index (χ3v) is 19.8. The Morgan fingerprint density at radius 1 is 1.18 bits per heavy atom. The van der Waals surface area contributed by atoms with E-state index in [9.17, 15) is 0 Å². The zero-order valence-electron chi connectivity index (χ0n) is 15.2. The molecule has 3 unspecified atom stereocenters. The molecule has 0 aromatic rings. The van der Waals surface area contributed by atoms with Gasteiger partial charge in [0.05, 0.1) is 0 Å². The van der Waals surface area contributed by atoms with Crippen LogP contribution in [-0.2, 0) is 0 Å². The summed E-state index contributed by atoms with van der Waals surface area (Å²) in [5.74, 6) is 0. The second-order valence-corrected chi connectivity index (χ2v) is 15.3. The van der Waals surface area contributed by atoms with Gasteiger partial charge in [-0.3, -0.25) is 0 Å². The Kier molecular flexibility index (Phi) is 3.95. The van der Waals surface area contributed by atoms with Crippen LogP contribution in [0.5, 0.6) is 0 Å². The molecule has 0 bridgehead atoms. The van der Waals surface area contributed by atoms with Crippen LogP contribution < -0.4 is 18.9 Å². The molecule has 3 saturated heterocycles. The number of allylic oxidation sites excluding steroid dienone is 6. The van der Waals surface area contributed by atoms with Crippen molar-refractivity contribution in [3.05, 3.63) is 38.5 Å². The topological polar surface area (TPSA) is 14.1 Å². The molecule has 1 nitrogen and oxygen atoms in total. The van der Waals surface area contributed by atoms with Crippen LogP contribution in [0.4, 0.5) is 0 Å². The Labute approximate surface area is 150 Å². The van der Waals surface area contributed by atoms with Crippen LogP contribution >= 0.6 is 0 Å². The Balaban J connectivity index is 0.00000144. The van der Waals surface area contributed by atoms with Gasteiger partial charge >= 0.3 is 18.9 Å². The van der Waals surface area contributed by atoms with Gasteiger partial charge in [-0.15, -0.1) is 0 Å². The summed E-state index contributed by atoms with van der Waals surface area (Å²) in [4.78, 5) is 0. The van der Waals surface area contributed by atoms with Crippen molar-refractivity contribution in [3.63, 3.8) is 0 Å². The minimum absolute atomic E-state index is 0. The van der Waals surface area contributed by atoms with Crippen LogP contribution in [0.2, 0.25) is 16.1 Å². The van der Waals surface area contributed by atoms with E-state index in [-0.39, 0.29) is 18.9 Å². The number of fused-ring (bicyclic) bond motifs is 2. The standard InChI is InChI=1S/C18H28NSi2.Li/c1-6-13-11-12-15-14(7-2)20(13,15)19-21-16(8-3)18(21,10-5)17(21)9-4;/h6-7,12,16-17H,8-11H2,1-5H3;/q-1;+1/b13-6+,14-7+;. The molecular formula is C18H28LiNSi2. The van der Waals surface area contributed by atoms with Gasteiger partial charge in [-0.1, -0.05) is 90.0 Å². The maximum Gasteiger partial charge on any atom is 1.00 e. The molecule has 4 heteroatoms. The van der Waals surface area contributed by atoms with Gasteiger partial charge in [0, 0.05) is 8.24 Å². The van der Waals surface area contributed by atoms with E-state index in [0.29, 0.717) is 0 Å². The van der Waals surface area contributed by atoms with E-state index in [1.54, 1.807) is 15.6 Å². The molecule has 4 heterocycles. The molecule has 22 heavy (non-hydrogen) atoms. The van der Waals surface area contributed by atoms with Crippen LogP contribution in [0.15, 0.2) is 33.8 Å². The van der Waals surface area contributed by atoms with Crippen LogP contribution in [0.3, 0.4) is 0 Å². The van der Waals surface area contributed by atoms with Crippen molar-refractivity contribution in [1.29, 1.82) is 0 Å². The molecule has 0 spiro atoms. The molecule has 0 aromatic heterocycles. The summed E-state index contributed by atoms with van der Waals surface area (Å²) in [7, 11) is -2.92. The van der Waals surface area contributed by atoms with Crippen molar-refractivity contribution < 1.29 is 18.9 Å². The molecular weight excluding hydrogens is 293 g/mol. The van der Waals surface area contributed by atoms with Crippen molar-refractivity contribution >= 4 is 16.5 Å². The van der Waals surface area contributed by atoms with Crippen molar-refractivity contribution in [2.75, 3.05) is 0 Å². The third-order valence-electron chi connectivity index (χ3n) is 7.27. The molecule has 0 N–H and O–H groups in total. The monoisotopic (exact) mass is 321 g/mol. The smallest absolute Gasteiger partial charge is 0.654 e. The second kappa shape index (κ2) is 5.10. The van der Waals surface area contributed by atoms with Gasteiger partial charge in [0.1, 0.15) is 0 Å². The SMILES string of the molecule is C/C=C1\CC=C2/C(=C\C)[Si]21[N-][Si]12C(CC)C1(CC)C2CC.[Li+]. The molecule has 0 saturated carbocycles. The van der Waals surface area contributed by atoms with Gasteiger partial charge in [-0.05, 0) is 28.5 Å². The quantitative estimate of drug-likeness (QED) is 0.691. The van der Waals surface area contributed by atoms with Crippen LogP contribution in [0.1, 0.15) is 60.3 Å². The van der Waals surface area contributed by atoms with Crippen molar-refractivity contribution in [2.24, 2.45) is 0 Å². The summed E-state index contributed by atoms with van der Waals surface area (Å²) in [5, 5.41) is 5.83. The van der Waals surface area contributed by atoms with E-state index < -0.39 is 16.5 Å². The number of hydrogen-bond donors (Lipinski definition) is 0. The summed E-state index contributed by atoms with van der Waals surface area (Å²) >= 11 is 0. The summed E-state index contributed by atoms with van der Waals surface area (Å²) in [6, 6.07) is 0. The summed E-state index contributed by atoms with van der Waals surface area (Å²) in [6.07, 6.45) is 12.7. The third kappa shape index (κ3) is 1.47. The fraction of sp³-hybridized carbons (Fsp3) is 0.667. The average molecular weight is 322 g/mol. The first kappa shape index (κ1) is 17.0. The summed E-state index contributed by atoms with van der Waals surface area (Å²) in [5.41, 5.74) is 2.06. The fourth-order valence-corrected chi connectivity index (χ4v) is 22.6. The van der Waals surface area contributed by atoms with Gasteiger partial charge in [0.25, 0.3) is 0 Å². The minimum Gasteiger partial charge on any atom is -0.654 e. The number of rotatable bonds is 5. The van der Waals surface area contributed by atoms with E-state index >= 15 is 0 Å². The maximum absolute atomic E-state index is 5.92. The van der Waals surface area contributed by atoms with E-state index in [4.69, 9.17) is 4.65 Å². The first-order valence-corrected chi connectivity index (χ1v) is 13.0. The number of hydrogen-bond acceptors (Lipinski definition) is 0. The van der Waals surface area contributed by atoms with Crippen molar-refractivity contribution in [1.82, 2.24) is 0 Å². The van der Waals surface area contributed by atoms with E-state index in [0.717, 1.165) is 16.1 Å². The first-order chi connectivity index (χ1) is 10.1. The van der Waals surface area contributed by atoms with Crippen molar-refractivity contribution in [3.8, 4) is 0 Å². The molecule has 0 radical (unpaired) electrons. The minimum atomic E-state index is -1.62. The Morgan fingerprint density at radius 2 is 1.82 bits per heavy atom. The van der Waals surface area contributed by atoms with E-state index in [2.05, 4.69) is 52.8 Å². The average Bonchev–Trinajstić information content (AvgIpc) is 3.37. The van der Waals surface area contributed by atoms with Crippen LogP contribution in [0, 0.1) is 0 Å². The summed E-state index contributed by atoms with van der Waals surface area (Å²) < 4.78 is 5.92. The molecule has 114 valence electrons. The molecule has 3 fully saturated rings. The normalized spacial score (nSPS) is 50.3. The second-order valence-electron chi connectivity index (χ2n) is 7.30. The van der Waals surface area contributed by atoms with Gasteiger partial charge in [-0.2, -0.15) is 0 Å². The molecule has 4 aliphatic rings. The Hall–Kier alpha value is 0.211. The number of nitrogens with zero attached hydrogens (tertiary/aromatic N) is 1. The Bertz CT molecular complexity index is 588. The molecule has 0 aliphatic carbocycles. The largest absolute Gasteiger partial charge is 1.00 e. The van der Waals surface area contributed by atoms with E-state index in [1.807, 2.05) is 0 Å². The van der Waals surface area contributed by atoms with Gasteiger partial charge < -0.3 is 4.65 Å². The molecule has 3 atom stereocenters. The summed E-state index contributed by atoms with van der Waals surface area (Å²) in [6.45, 7) is 11.7. The van der Waals surface area contributed by atoms with Gasteiger partial charge in [0.15, 0.2) is 0 Å². The van der Waals surface area contributed by atoms with Crippen molar-refractivity contribution in [2.45, 2.75) is 76.4 Å². The van der Waals surface area contributed by atoms with Gasteiger partial charge in [-0.25, -0.2) is 0 Å². The molecule has 4 rings (SSSR count). The molecule has 0 amide bonds. The predicted molar refractivity (Wildman–Crippen MR) is 96.1 cm³/mol. The van der Waals surface area contributed by atoms with Crippen LogP contribution in [-0.4, -0.2) is 16.5 Å². The van der Waals surface area contributed by atoms with Crippen LogP contribution in [0.25, 0.3) is 4.65 Å². The van der Waals surface area contributed by atoms with Gasteiger partial charge in [0.2, 0.25) is 0 Å². The Morgan fingerprint density at radius 3 is 2.23 bits per heavy atom. The molecule has 0 aromatic carbocycles. The first-order valence-electron chi connectivity index (χ1n) is 8.93.